The van der Waals surface area contributed by atoms with E-state index in [1.54, 1.807) is 0 Å². The van der Waals surface area contributed by atoms with Crippen LogP contribution in [0.4, 0.5) is 0 Å². The lowest BCUT2D eigenvalue weighted by Crippen LogP contribution is -2.28. The summed E-state index contributed by atoms with van der Waals surface area (Å²) >= 11 is 0. The van der Waals surface area contributed by atoms with E-state index in [9.17, 15) is 4.79 Å². The Morgan fingerprint density at radius 3 is 1.23 bits per heavy atom. The van der Waals surface area contributed by atoms with Crippen LogP contribution < -0.4 is 0 Å². The number of hydrogen-bond donors (Lipinski definition) is 0. The van der Waals surface area contributed by atoms with Gasteiger partial charge in [-0.1, -0.05) is 209 Å². The molecule has 0 rings (SSSR count). The number of ether oxygens (including phenoxy) is 3. The van der Waals surface area contributed by atoms with Crippen molar-refractivity contribution in [2.45, 2.75) is 258 Å². The topological polar surface area (TPSA) is 44.8 Å². The van der Waals surface area contributed by atoms with Crippen molar-refractivity contribution in [1.82, 2.24) is 0 Å². The molecule has 1 atom stereocenters. The molecule has 0 fully saturated rings. The van der Waals surface area contributed by atoms with Gasteiger partial charge in [-0.3, -0.25) is 4.79 Å². The SMILES string of the molecule is CCC=CCC=CCC=CCCCCCCCC(=O)OCC(COCCCCCCCCC=CCCCCCCCC)OCCCCCCCCC=CCC=CCCCCC. The molecule has 0 aromatic carbocycles. The Labute approximate surface area is 381 Å². The van der Waals surface area contributed by atoms with Crippen molar-refractivity contribution in [3.8, 4) is 0 Å². The molecular formula is C57H102O4. The van der Waals surface area contributed by atoms with E-state index in [0.717, 1.165) is 64.4 Å². The Balaban J connectivity index is 4.21. The summed E-state index contributed by atoms with van der Waals surface area (Å²) in [6.07, 6.45) is 71.0. The van der Waals surface area contributed by atoms with E-state index in [0.29, 0.717) is 26.2 Å². The zero-order valence-electron chi connectivity index (χ0n) is 40.9. The van der Waals surface area contributed by atoms with Crippen LogP contribution in [0.1, 0.15) is 252 Å². The summed E-state index contributed by atoms with van der Waals surface area (Å²) in [6, 6.07) is 0. The summed E-state index contributed by atoms with van der Waals surface area (Å²) in [5, 5.41) is 0. The number of carbonyl (C=O) groups excluding carboxylic acids is 1. The molecule has 0 N–H and O–H groups in total. The maximum absolute atomic E-state index is 12.6. The second-order valence-corrected chi connectivity index (χ2v) is 17.4. The van der Waals surface area contributed by atoms with Gasteiger partial charge in [-0.05, 0) is 109 Å². The number of rotatable bonds is 49. The largest absolute Gasteiger partial charge is 0.463 e. The van der Waals surface area contributed by atoms with Crippen LogP contribution in [-0.4, -0.2) is 38.5 Å². The van der Waals surface area contributed by atoms with Gasteiger partial charge in [0.2, 0.25) is 0 Å². The first-order valence-corrected chi connectivity index (χ1v) is 26.5. The summed E-state index contributed by atoms with van der Waals surface area (Å²) in [5.41, 5.74) is 0. The zero-order chi connectivity index (χ0) is 44.0. The van der Waals surface area contributed by atoms with Crippen molar-refractivity contribution >= 4 is 5.97 Å². The molecule has 0 bridgehead atoms. The van der Waals surface area contributed by atoms with Crippen LogP contribution in [0.3, 0.4) is 0 Å². The van der Waals surface area contributed by atoms with E-state index >= 15 is 0 Å². The maximum atomic E-state index is 12.6. The number of allylic oxidation sites excluding steroid dienone is 12. The van der Waals surface area contributed by atoms with Gasteiger partial charge in [-0.2, -0.15) is 0 Å². The molecule has 4 heteroatoms. The molecule has 0 saturated carbocycles. The Morgan fingerprint density at radius 2 is 0.738 bits per heavy atom. The molecule has 0 aromatic heterocycles. The van der Waals surface area contributed by atoms with Crippen LogP contribution in [0.2, 0.25) is 0 Å². The molecular weight excluding hydrogens is 749 g/mol. The van der Waals surface area contributed by atoms with Gasteiger partial charge >= 0.3 is 5.97 Å². The highest BCUT2D eigenvalue weighted by Crippen LogP contribution is 2.13. The maximum Gasteiger partial charge on any atom is 0.305 e. The molecule has 0 amide bonds. The van der Waals surface area contributed by atoms with Crippen LogP contribution in [-0.2, 0) is 19.0 Å². The second-order valence-electron chi connectivity index (χ2n) is 17.4. The number of esters is 1. The summed E-state index contributed by atoms with van der Waals surface area (Å²) in [5.74, 6) is -0.100. The molecule has 1 unspecified atom stereocenters. The number of carbonyl (C=O) groups is 1. The first-order valence-electron chi connectivity index (χ1n) is 26.5. The fraction of sp³-hybridized carbons (Fsp3) is 0.772. The van der Waals surface area contributed by atoms with E-state index in [1.807, 2.05) is 0 Å². The quantitative estimate of drug-likeness (QED) is 0.0347. The average molecular weight is 851 g/mol. The molecule has 61 heavy (non-hydrogen) atoms. The minimum Gasteiger partial charge on any atom is -0.463 e. The van der Waals surface area contributed by atoms with Gasteiger partial charge in [0.1, 0.15) is 12.7 Å². The van der Waals surface area contributed by atoms with Crippen LogP contribution >= 0.6 is 0 Å². The van der Waals surface area contributed by atoms with Gasteiger partial charge in [0.25, 0.3) is 0 Å². The van der Waals surface area contributed by atoms with Gasteiger partial charge in [0.05, 0.1) is 6.61 Å². The van der Waals surface area contributed by atoms with Crippen molar-refractivity contribution in [3.05, 3.63) is 72.9 Å². The van der Waals surface area contributed by atoms with Crippen LogP contribution in [0.5, 0.6) is 0 Å². The highest BCUT2D eigenvalue weighted by Gasteiger charge is 2.13. The highest BCUT2D eigenvalue weighted by atomic mass is 16.6. The molecule has 0 aliphatic carbocycles. The third-order valence-electron chi connectivity index (χ3n) is 11.3. The molecule has 0 aliphatic heterocycles. The summed E-state index contributed by atoms with van der Waals surface area (Å²) in [6.45, 7) is 8.97. The molecule has 0 saturated heterocycles. The fourth-order valence-corrected chi connectivity index (χ4v) is 7.30. The predicted octanol–water partition coefficient (Wildman–Crippen LogP) is 18.4. The lowest BCUT2D eigenvalue weighted by molar-refractivity contribution is -0.150. The van der Waals surface area contributed by atoms with Crippen molar-refractivity contribution in [2.24, 2.45) is 0 Å². The van der Waals surface area contributed by atoms with Gasteiger partial charge in [0.15, 0.2) is 0 Å². The van der Waals surface area contributed by atoms with Gasteiger partial charge < -0.3 is 14.2 Å². The Kier molecular flexibility index (Phi) is 52.0. The lowest BCUT2D eigenvalue weighted by Gasteiger charge is -2.18. The summed E-state index contributed by atoms with van der Waals surface area (Å²) < 4.78 is 18.0. The predicted molar refractivity (Wildman–Crippen MR) is 270 cm³/mol. The van der Waals surface area contributed by atoms with Crippen LogP contribution in [0.15, 0.2) is 72.9 Å². The first-order chi connectivity index (χ1) is 30.2. The third kappa shape index (κ3) is 52.1. The molecule has 0 aromatic rings. The molecule has 0 heterocycles. The van der Waals surface area contributed by atoms with Crippen molar-refractivity contribution < 1.29 is 19.0 Å². The van der Waals surface area contributed by atoms with Crippen molar-refractivity contribution in [1.29, 1.82) is 0 Å². The van der Waals surface area contributed by atoms with E-state index in [4.69, 9.17) is 14.2 Å². The number of unbranched alkanes of at least 4 members (excludes halogenated alkanes) is 26. The van der Waals surface area contributed by atoms with E-state index in [2.05, 4.69) is 93.7 Å². The van der Waals surface area contributed by atoms with Crippen molar-refractivity contribution in [3.63, 3.8) is 0 Å². The molecule has 354 valence electrons. The molecule has 0 radical (unpaired) electrons. The van der Waals surface area contributed by atoms with E-state index < -0.39 is 0 Å². The minimum absolute atomic E-state index is 0.100. The minimum atomic E-state index is -0.183. The molecule has 0 aliphatic rings. The Morgan fingerprint density at radius 1 is 0.377 bits per heavy atom. The Hall–Kier alpha value is -2.17. The molecule has 4 nitrogen and oxygen atoms in total. The lowest BCUT2D eigenvalue weighted by atomic mass is 10.1. The van der Waals surface area contributed by atoms with Gasteiger partial charge in [0, 0.05) is 19.6 Å². The monoisotopic (exact) mass is 851 g/mol. The van der Waals surface area contributed by atoms with Crippen molar-refractivity contribution in [2.75, 3.05) is 26.4 Å². The van der Waals surface area contributed by atoms with E-state index in [1.165, 1.54) is 167 Å². The van der Waals surface area contributed by atoms with Gasteiger partial charge in [-0.25, -0.2) is 0 Å². The van der Waals surface area contributed by atoms with Gasteiger partial charge in [-0.15, -0.1) is 0 Å². The van der Waals surface area contributed by atoms with E-state index in [-0.39, 0.29) is 12.1 Å². The second kappa shape index (κ2) is 54.0. The smallest absolute Gasteiger partial charge is 0.305 e. The first kappa shape index (κ1) is 58.8. The summed E-state index contributed by atoms with van der Waals surface area (Å²) in [7, 11) is 0. The Bertz CT molecular complexity index is 1040. The molecule has 0 spiro atoms. The zero-order valence-corrected chi connectivity index (χ0v) is 40.9. The summed E-state index contributed by atoms with van der Waals surface area (Å²) in [4.78, 5) is 12.6. The average Bonchev–Trinajstić information content (AvgIpc) is 3.27. The normalized spacial score (nSPS) is 12.9. The number of hydrogen-bond acceptors (Lipinski definition) is 4. The fourth-order valence-electron chi connectivity index (χ4n) is 7.30. The van der Waals surface area contributed by atoms with Crippen LogP contribution in [0, 0.1) is 0 Å². The standard InChI is InChI=1S/C57H102O4/c1-4-7-10-13-16-19-22-25-28-31-34-37-40-43-46-49-52-59-54-56(60-53-50-47-44-41-38-35-32-29-26-23-20-17-14-11-8-5-2)55-61-57(58)51-48-45-42-39-36-33-30-27-24-21-18-15-12-9-6-3/h9,12,17-18,20-21,25-30,56H,4-8,10-11,13-16,19,22-24,31-55H2,1-3H3. The third-order valence-corrected chi connectivity index (χ3v) is 11.3. The highest BCUT2D eigenvalue weighted by molar-refractivity contribution is 5.69. The van der Waals surface area contributed by atoms with Crippen LogP contribution in [0.25, 0.3) is 0 Å².